The number of rotatable bonds is 2. The zero-order valence-electron chi connectivity index (χ0n) is 11.3. The first-order valence-corrected chi connectivity index (χ1v) is 6.70. The van der Waals surface area contributed by atoms with Crippen molar-refractivity contribution < 1.29 is 17.9 Å². The van der Waals surface area contributed by atoms with Crippen molar-refractivity contribution in [1.29, 1.82) is 0 Å². The van der Waals surface area contributed by atoms with Gasteiger partial charge in [0, 0.05) is 12.4 Å². The first-order valence-electron chi connectivity index (χ1n) is 6.70. The molecule has 0 fully saturated rings. The lowest BCUT2D eigenvalue weighted by molar-refractivity contribution is -0.136. The van der Waals surface area contributed by atoms with Crippen molar-refractivity contribution in [2.45, 2.75) is 32.0 Å². The van der Waals surface area contributed by atoms with Gasteiger partial charge in [0.15, 0.2) is 5.75 Å². The van der Waals surface area contributed by atoms with Crippen LogP contribution in [0.3, 0.4) is 0 Å². The number of fused-ring (bicyclic) bond motifs is 3. The minimum atomic E-state index is -4.46. The van der Waals surface area contributed by atoms with E-state index < -0.39 is 11.7 Å². The van der Waals surface area contributed by atoms with Crippen LogP contribution >= 0.6 is 0 Å². The topological polar surface area (TPSA) is 34.5 Å². The van der Waals surface area contributed by atoms with Gasteiger partial charge in [-0.1, -0.05) is 13.3 Å². The second kappa shape index (κ2) is 5.02. The number of hydrogen-bond donors (Lipinski definition) is 0. The number of hydrogen-bond acceptors (Lipinski definition) is 3. The standard InChI is InChI=1S/C15H13F3N2O/c1-2-3-9-8-20-12-5-4-11-13(14(12)21-9)10(6-7-19-11)15(16,17)18/h4-9H,2-3H2,1H3. The molecule has 1 atom stereocenters. The highest BCUT2D eigenvalue weighted by atomic mass is 19.4. The van der Waals surface area contributed by atoms with Crippen LogP contribution in [-0.4, -0.2) is 17.3 Å². The highest BCUT2D eigenvalue weighted by molar-refractivity contribution is 5.95. The molecule has 0 N–H and O–H groups in total. The van der Waals surface area contributed by atoms with Crippen molar-refractivity contribution in [2.24, 2.45) is 4.99 Å². The Morgan fingerprint density at radius 2 is 2.05 bits per heavy atom. The summed E-state index contributed by atoms with van der Waals surface area (Å²) in [5, 5.41) is -0.0135. The first kappa shape index (κ1) is 13.9. The van der Waals surface area contributed by atoms with Gasteiger partial charge in [0.25, 0.3) is 0 Å². The average Bonchev–Trinajstić information content (AvgIpc) is 2.45. The van der Waals surface area contributed by atoms with E-state index in [1.165, 1.54) is 6.07 Å². The Morgan fingerprint density at radius 3 is 2.76 bits per heavy atom. The number of nitrogens with zero attached hydrogens (tertiary/aromatic N) is 2. The highest BCUT2D eigenvalue weighted by Crippen LogP contribution is 2.44. The molecule has 0 saturated heterocycles. The second-order valence-electron chi connectivity index (χ2n) is 4.89. The fourth-order valence-corrected chi connectivity index (χ4v) is 2.42. The molecule has 0 bridgehead atoms. The molecule has 0 spiro atoms. The molecule has 2 aromatic rings. The fourth-order valence-electron chi connectivity index (χ4n) is 2.42. The van der Waals surface area contributed by atoms with Gasteiger partial charge in [0.1, 0.15) is 11.8 Å². The number of aliphatic imine (C=N–C) groups is 1. The molecule has 21 heavy (non-hydrogen) atoms. The van der Waals surface area contributed by atoms with Crippen LogP contribution in [0.15, 0.2) is 29.4 Å². The quantitative estimate of drug-likeness (QED) is 0.816. The Balaban J connectivity index is 2.23. The van der Waals surface area contributed by atoms with E-state index in [2.05, 4.69) is 9.98 Å². The molecular formula is C15H13F3N2O. The summed E-state index contributed by atoms with van der Waals surface area (Å²) in [4.78, 5) is 8.22. The van der Waals surface area contributed by atoms with E-state index in [9.17, 15) is 13.2 Å². The van der Waals surface area contributed by atoms with Gasteiger partial charge in [-0.3, -0.25) is 9.98 Å². The van der Waals surface area contributed by atoms with Gasteiger partial charge in [0.05, 0.1) is 16.5 Å². The number of halogens is 3. The molecule has 1 aliphatic rings. The van der Waals surface area contributed by atoms with Gasteiger partial charge in [-0.05, 0) is 24.6 Å². The molecule has 0 radical (unpaired) electrons. The molecule has 2 heterocycles. The lowest BCUT2D eigenvalue weighted by Crippen LogP contribution is -2.21. The number of aromatic nitrogens is 1. The molecule has 1 unspecified atom stereocenters. The molecule has 0 amide bonds. The van der Waals surface area contributed by atoms with E-state index in [1.807, 2.05) is 6.92 Å². The van der Waals surface area contributed by atoms with Crippen molar-refractivity contribution in [3.05, 3.63) is 30.0 Å². The van der Waals surface area contributed by atoms with Crippen LogP contribution in [-0.2, 0) is 6.18 Å². The van der Waals surface area contributed by atoms with Crippen molar-refractivity contribution in [3.8, 4) is 5.75 Å². The number of benzene rings is 1. The van der Waals surface area contributed by atoms with Gasteiger partial charge >= 0.3 is 6.18 Å². The lowest BCUT2D eigenvalue weighted by Gasteiger charge is -2.23. The van der Waals surface area contributed by atoms with E-state index >= 15 is 0 Å². The van der Waals surface area contributed by atoms with Gasteiger partial charge in [0.2, 0.25) is 0 Å². The monoisotopic (exact) mass is 294 g/mol. The van der Waals surface area contributed by atoms with Crippen LogP contribution in [0.1, 0.15) is 25.3 Å². The molecule has 110 valence electrons. The van der Waals surface area contributed by atoms with Crippen molar-refractivity contribution in [1.82, 2.24) is 4.98 Å². The summed E-state index contributed by atoms with van der Waals surface area (Å²) in [5.41, 5.74) is -0.0685. The maximum absolute atomic E-state index is 13.2. The van der Waals surface area contributed by atoms with Crippen molar-refractivity contribution in [2.75, 3.05) is 0 Å². The Hall–Kier alpha value is -2.11. The normalized spacial score (nSPS) is 17.6. The van der Waals surface area contributed by atoms with Crippen molar-refractivity contribution in [3.63, 3.8) is 0 Å². The van der Waals surface area contributed by atoms with Crippen LogP contribution in [0.25, 0.3) is 10.9 Å². The molecule has 1 aliphatic heterocycles. The third kappa shape index (κ3) is 2.46. The minimum Gasteiger partial charge on any atom is -0.482 e. The van der Waals surface area contributed by atoms with E-state index in [0.29, 0.717) is 12.1 Å². The third-order valence-electron chi connectivity index (χ3n) is 3.37. The van der Waals surface area contributed by atoms with Crippen LogP contribution in [0.2, 0.25) is 0 Å². The molecule has 3 nitrogen and oxygen atoms in total. The lowest BCUT2D eigenvalue weighted by atomic mass is 10.1. The molecular weight excluding hydrogens is 281 g/mol. The first-order chi connectivity index (χ1) is 10.0. The molecule has 0 saturated carbocycles. The summed E-state index contributed by atoms with van der Waals surface area (Å²) < 4.78 is 45.4. The van der Waals surface area contributed by atoms with Crippen LogP contribution < -0.4 is 4.74 Å². The zero-order valence-corrected chi connectivity index (χ0v) is 11.3. The Labute approximate surface area is 119 Å². The molecule has 1 aromatic heterocycles. The number of pyridine rings is 1. The minimum absolute atomic E-state index is 0.0135. The summed E-state index contributed by atoms with van der Waals surface area (Å²) in [7, 11) is 0. The Morgan fingerprint density at radius 1 is 1.24 bits per heavy atom. The number of ether oxygens (including phenoxy) is 1. The summed E-state index contributed by atoms with van der Waals surface area (Å²) >= 11 is 0. The molecule has 1 aromatic carbocycles. The van der Waals surface area contributed by atoms with E-state index in [4.69, 9.17) is 4.74 Å². The van der Waals surface area contributed by atoms with Crippen LogP contribution in [0, 0.1) is 0 Å². The molecule has 3 rings (SSSR count). The van der Waals surface area contributed by atoms with Crippen LogP contribution in [0.4, 0.5) is 18.9 Å². The Bertz CT molecular complexity index is 710. The molecule has 6 heteroatoms. The van der Waals surface area contributed by atoms with Gasteiger partial charge in [-0.15, -0.1) is 0 Å². The predicted molar refractivity (Wildman–Crippen MR) is 74.2 cm³/mol. The maximum Gasteiger partial charge on any atom is 0.417 e. The SMILES string of the molecule is CCCC1C=Nc2ccc3nccc(C(F)(F)F)c3c2O1. The van der Waals surface area contributed by atoms with E-state index in [0.717, 1.165) is 18.7 Å². The van der Waals surface area contributed by atoms with E-state index in [-0.39, 0.29) is 22.8 Å². The largest absolute Gasteiger partial charge is 0.482 e. The summed E-state index contributed by atoms with van der Waals surface area (Å²) in [5.74, 6) is 0.175. The van der Waals surface area contributed by atoms with Gasteiger partial charge in [-0.2, -0.15) is 13.2 Å². The second-order valence-corrected chi connectivity index (χ2v) is 4.89. The third-order valence-corrected chi connectivity index (χ3v) is 3.37. The Kier molecular flexibility index (Phi) is 3.31. The van der Waals surface area contributed by atoms with Crippen LogP contribution in [0.5, 0.6) is 5.75 Å². The summed E-state index contributed by atoms with van der Waals surface area (Å²) in [6.45, 7) is 1.98. The van der Waals surface area contributed by atoms with Crippen molar-refractivity contribution >= 4 is 22.8 Å². The smallest absolute Gasteiger partial charge is 0.417 e. The molecule has 0 aliphatic carbocycles. The zero-order chi connectivity index (χ0) is 15.0. The fraction of sp³-hybridized carbons (Fsp3) is 0.333. The van der Waals surface area contributed by atoms with Gasteiger partial charge < -0.3 is 4.74 Å². The highest BCUT2D eigenvalue weighted by Gasteiger charge is 2.35. The average molecular weight is 294 g/mol. The van der Waals surface area contributed by atoms with Gasteiger partial charge in [-0.25, -0.2) is 0 Å². The summed E-state index contributed by atoms with van der Waals surface area (Å²) in [6, 6.07) is 4.13. The van der Waals surface area contributed by atoms with E-state index in [1.54, 1.807) is 12.3 Å². The predicted octanol–water partition coefficient (Wildman–Crippen LogP) is 4.52. The number of alkyl halides is 3. The maximum atomic E-state index is 13.2. The summed E-state index contributed by atoms with van der Waals surface area (Å²) in [6.07, 6.45) is -0.383.